The third-order valence-corrected chi connectivity index (χ3v) is 5.73. The predicted molar refractivity (Wildman–Crippen MR) is 109 cm³/mol. The Morgan fingerprint density at radius 1 is 1.00 bits per heavy atom. The molecule has 1 saturated heterocycles. The Morgan fingerprint density at radius 2 is 1.68 bits per heavy atom. The lowest BCUT2D eigenvalue weighted by Gasteiger charge is -2.15. The van der Waals surface area contributed by atoms with E-state index in [1.165, 1.54) is 11.8 Å². The first-order valence-corrected chi connectivity index (χ1v) is 10.4. The lowest BCUT2D eigenvalue weighted by molar-refractivity contribution is -0.127. The van der Waals surface area contributed by atoms with Gasteiger partial charge in [0, 0.05) is 28.6 Å². The van der Waals surface area contributed by atoms with E-state index in [1.54, 1.807) is 48.5 Å². The van der Waals surface area contributed by atoms with Gasteiger partial charge in [-0.3, -0.25) is 9.59 Å². The average Bonchev–Trinajstić information content (AvgIpc) is 3.26. The highest BCUT2D eigenvalue weighted by molar-refractivity contribution is 8.00. The highest BCUT2D eigenvalue weighted by Crippen LogP contribution is 2.24. The quantitative estimate of drug-likeness (QED) is 0.385. The topological polar surface area (TPSA) is 63.7 Å². The molecule has 146 valence electrons. The maximum atomic E-state index is 12.5. The van der Waals surface area contributed by atoms with Crippen LogP contribution in [0.3, 0.4) is 0 Å². The summed E-state index contributed by atoms with van der Waals surface area (Å²) in [7, 11) is 0. The molecule has 7 heteroatoms. The summed E-state index contributed by atoms with van der Waals surface area (Å²) in [6.45, 7) is 1.25. The Kier molecular flexibility index (Phi) is 7.12. The van der Waals surface area contributed by atoms with Gasteiger partial charge in [-0.15, -0.1) is 11.8 Å². The van der Waals surface area contributed by atoms with Gasteiger partial charge in [-0.25, -0.2) is 4.79 Å². The zero-order valence-corrected chi connectivity index (χ0v) is 16.8. The van der Waals surface area contributed by atoms with E-state index in [1.807, 2.05) is 4.90 Å². The second-order valence-corrected chi connectivity index (χ2v) is 7.83. The molecule has 0 bridgehead atoms. The first-order valence-electron chi connectivity index (χ1n) is 9.00. The van der Waals surface area contributed by atoms with E-state index in [0.717, 1.165) is 25.9 Å². The molecular weight excluding hydrogens is 398 g/mol. The number of carbonyl (C=O) groups excluding carboxylic acids is 3. The molecule has 1 heterocycles. The van der Waals surface area contributed by atoms with Crippen LogP contribution < -0.4 is 0 Å². The van der Waals surface area contributed by atoms with Crippen LogP contribution in [0.2, 0.25) is 5.02 Å². The number of esters is 1. The number of rotatable bonds is 7. The Hall–Kier alpha value is -2.31. The molecular formula is C21H20ClNO4S. The first-order chi connectivity index (χ1) is 13.5. The van der Waals surface area contributed by atoms with E-state index in [0.29, 0.717) is 21.0 Å². The Balaban J connectivity index is 1.58. The number of ketones is 1. The molecule has 1 aliphatic rings. The zero-order valence-electron chi connectivity index (χ0n) is 15.2. The molecule has 2 aromatic carbocycles. The molecule has 0 aromatic heterocycles. The number of Topliss-reactive ketones (excluding diaryl/α,β-unsaturated/α-hetero) is 1. The molecule has 0 aliphatic carbocycles. The fourth-order valence-corrected chi connectivity index (χ4v) is 3.96. The van der Waals surface area contributed by atoms with Crippen LogP contribution in [0.4, 0.5) is 0 Å². The van der Waals surface area contributed by atoms with Gasteiger partial charge in [0.15, 0.2) is 12.4 Å². The molecule has 0 unspecified atom stereocenters. The van der Waals surface area contributed by atoms with Gasteiger partial charge in [0.1, 0.15) is 0 Å². The predicted octanol–water partition coefficient (Wildman–Crippen LogP) is 4.09. The molecule has 28 heavy (non-hydrogen) atoms. The van der Waals surface area contributed by atoms with Gasteiger partial charge in [0.05, 0.1) is 11.3 Å². The number of carbonyl (C=O) groups is 3. The molecule has 0 atom stereocenters. The normalized spacial score (nSPS) is 13.4. The van der Waals surface area contributed by atoms with Crippen molar-refractivity contribution in [3.63, 3.8) is 0 Å². The molecule has 0 saturated carbocycles. The first kappa shape index (κ1) is 20.4. The van der Waals surface area contributed by atoms with E-state index in [-0.39, 0.29) is 24.1 Å². The van der Waals surface area contributed by atoms with Crippen molar-refractivity contribution in [2.45, 2.75) is 17.7 Å². The van der Waals surface area contributed by atoms with Crippen molar-refractivity contribution in [1.82, 2.24) is 4.90 Å². The Bertz CT molecular complexity index is 863. The fraction of sp³-hybridized carbons (Fsp3) is 0.286. The molecule has 1 fully saturated rings. The Morgan fingerprint density at radius 3 is 2.39 bits per heavy atom. The summed E-state index contributed by atoms with van der Waals surface area (Å²) in [5.74, 6) is -0.546. The molecule has 1 aliphatic heterocycles. The number of benzene rings is 2. The van der Waals surface area contributed by atoms with Crippen LogP contribution in [-0.4, -0.2) is 48.0 Å². The zero-order chi connectivity index (χ0) is 19.9. The van der Waals surface area contributed by atoms with Gasteiger partial charge in [0.2, 0.25) is 5.91 Å². The van der Waals surface area contributed by atoms with E-state index in [9.17, 15) is 14.4 Å². The summed E-state index contributed by atoms with van der Waals surface area (Å²) in [5, 5.41) is 0.531. The number of halogens is 1. The lowest BCUT2D eigenvalue weighted by Crippen LogP contribution is -2.29. The van der Waals surface area contributed by atoms with Crippen LogP contribution in [0.15, 0.2) is 53.4 Å². The number of ether oxygens (including phenoxy) is 1. The lowest BCUT2D eigenvalue weighted by atomic mass is 10.1. The molecule has 1 amide bonds. The van der Waals surface area contributed by atoms with Gasteiger partial charge in [0.25, 0.3) is 0 Å². The standard InChI is InChI=1S/C21H20ClNO4S/c22-16-9-7-15(8-10-16)18(24)13-27-21(26)17-5-1-2-6-19(17)28-14-20(25)23-11-3-4-12-23/h1-2,5-10H,3-4,11-14H2. The third kappa shape index (κ3) is 5.36. The van der Waals surface area contributed by atoms with Crippen molar-refractivity contribution in [3.05, 3.63) is 64.7 Å². The molecule has 5 nitrogen and oxygen atoms in total. The van der Waals surface area contributed by atoms with Crippen LogP contribution in [0.5, 0.6) is 0 Å². The minimum Gasteiger partial charge on any atom is -0.454 e. The number of nitrogens with zero attached hydrogens (tertiary/aromatic N) is 1. The summed E-state index contributed by atoms with van der Waals surface area (Å²) in [5.41, 5.74) is 0.779. The second-order valence-electron chi connectivity index (χ2n) is 6.38. The van der Waals surface area contributed by atoms with Crippen molar-refractivity contribution in [2.24, 2.45) is 0 Å². The van der Waals surface area contributed by atoms with Gasteiger partial charge >= 0.3 is 5.97 Å². The van der Waals surface area contributed by atoms with Crippen molar-refractivity contribution < 1.29 is 19.1 Å². The Labute approximate surface area is 173 Å². The van der Waals surface area contributed by atoms with E-state index >= 15 is 0 Å². The van der Waals surface area contributed by atoms with Crippen LogP contribution >= 0.6 is 23.4 Å². The van der Waals surface area contributed by atoms with Gasteiger partial charge in [-0.05, 0) is 49.2 Å². The molecule has 0 radical (unpaired) electrons. The number of amides is 1. The third-order valence-electron chi connectivity index (χ3n) is 4.42. The van der Waals surface area contributed by atoms with E-state index < -0.39 is 5.97 Å². The van der Waals surface area contributed by atoms with Crippen LogP contribution in [-0.2, 0) is 9.53 Å². The van der Waals surface area contributed by atoms with Crippen LogP contribution in [0.25, 0.3) is 0 Å². The molecule has 2 aromatic rings. The second kappa shape index (κ2) is 9.75. The molecule has 0 spiro atoms. The van der Waals surface area contributed by atoms with Crippen molar-refractivity contribution >= 4 is 41.0 Å². The minimum absolute atomic E-state index is 0.0728. The summed E-state index contributed by atoms with van der Waals surface area (Å²) >= 11 is 7.12. The van der Waals surface area contributed by atoms with Gasteiger partial charge in [-0.2, -0.15) is 0 Å². The highest BCUT2D eigenvalue weighted by atomic mass is 35.5. The monoisotopic (exact) mass is 417 g/mol. The van der Waals surface area contributed by atoms with Crippen LogP contribution in [0, 0.1) is 0 Å². The smallest absolute Gasteiger partial charge is 0.339 e. The number of thioether (sulfide) groups is 1. The molecule has 0 N–H and O–H groups in total. The summed E-state index contributed by atoms with van der Waals surface area (Å²) in [6.07, 6.45) is 2.09. The maximum absolute atomic E-state index is 12.5. The largest absolute Gasteiger partial charge is 0.454 e. The number of likely N-dealkylation sites (tertiary alicyclic amines) is 1. The van der Waals surface area contributed by atoms with Crippen molar-refractivity contribution in [3.8, 4) is 0 Å². The number of hydrogen-bond acceptors (Lipinski definition) is 5. The fourth-order valence-electron chi connectivity index (χ4n) is 2.89. The van der Waals surface area contributed by atoms with Crippen LogP contribution in [0.1, 0.15) is 33.6 Å². The summed E-state index contributed by atoms with van der Waals surface area (Å²) in [6, 6.07) is 13.3. The molecule has 3 rings (SSSR count). The van der Waals surface area contributed by atoms with Gasteiger partial charge < -0.3 is 9.64 Å². The van der Waals surface area contributed by atoms with Crippen molar-refractivity contribution in [1.29, 1.82) is 0 Å². The summed E-state index contributed by atoms with van der Waals surface area (Å²) in [4.78, 5) is 39.4. The maximum Gasteiger partial charge on any atom is 0.339 e. The SMILES string of the molecule is O=C(COC(=O)c1ccccc1SCC(=O)N1CCCC1)c1ccc(Cl)cc1. The van der Waals surface area contributed by atoms with E-state index in [4.69, 9.17) is 16.3 Å². The minimum atomic E-state index is -0.584. The van der Waals surface area contributed by atoms with E-state index in [2.05, 4.69) is 0 Å². The van der Waals surface area contributed by atoms with Crippen molar-refractivity contribution in [2.75, 3.05) is 25.4 Å². The van der Waals surface area contributed by atoms with Gasteiger partial charge in [-0.1, -0.05) is 23.7 Å². The average molecular weight is 418 g/mol. The number of hydrogen-bond donors (Lipinski definition) is 0. The summed E-state index contributed by atoms with van der Waals surface area (Å²) < 4.78 is 5.19. The highest BCUT2D eigenvalue weighted by Gasteiger charge is 2.20.